The third kappa shape index (κ3) is 0.929. The summed E-state index contributed by atoms with van der Waals surface area (Å²) >= 11 is 0. The normalized spacial score (nSPS) is 17.4. The summed E-state index contributed by atoms with van der Waals surface area (Å²) in [6, 6.07) is 0. The third-order valence-corrected chi connectivity index (χ3v) is 0.650. The van der Waals surface area contributed by atoms with Gasteiger partial charge < -0.3 is 0 Å². The van der Waals surface area contributed by atoms with Crippen molar-refractivity contribution >= 4 is 25.5 Å². The quantitative estimate of drug-likeness (QED) is 0.358. The Balaban J connectivity index is 2.73. The van der Waals surface area contributed by atoms with E-state index in [0.717, 1.165) is 0 Å². The number of nitrogens with two attached hydrogens (primary N) is 1. The summed E-state index contributed by atoms with van der Waals surface area (Å²) in [7, 11) is 5.17. The van der Waals surface area contributed by atoms with Gasteiger partial charge in [-0.25, -0.2) is 0 Å². The molecule has 0 aromatic heterocycles. The Kier molecular flexibility index (Phi) is 1.11. The second kappa shape index (κ2) is 1.77. The van der Waals surface area contributed by atoms with Gasteiger partial charge in [-0.1, -0.05) is 0 Å². The average Bonchev–Trinajstić information content (AvgIpc) is 1.64. The third-order valence-electron chi connectivity index (χ3n) is 0.650. The first-order valence-electron chi connectivity index (χ1n) is 2.04. The molecule has 0 fully saturated rings. The van der Waals surface area contributed by atoms with Crippen LogP contribution in [0.4, 0.5) is 0 Å². The van der Waals surface area contributed by atoms with Crippen molar-refractivity contribution in [2.75, 3.05) is 0 Å². The molecule has 0 saturated carbocycles. The van der Waals surface area contributed by atoms with Gasteiger partial charge in [0.2, 0.25) is 0 Å². The van der Waals surface area contributed by atoms with E-state index in [1.54, 1.807) is 0 Å². The van der Waals surface area contributed by atoms with Crippen LogP contribution in [0.5, 0.6) is 0 Å². The van der Waals surface area contributed by atoms with E-state index in [-0.39, 0.29) is 11.7 Å². The Morgan fingerprint density at radius 2 is 2.50 bits per heavy atom. The molecule has 0 saturated heterocycles. The molecule has 0 spiro atoms. The van der Waals surface area contributed by atoms with Crippen LogP contribution >= 0.6 is 0 Å². The zero-order valence-corrected chi connectivity index (χ0v) is 4.13. The van der Waals surface area contributed by atoms with Crippen LogP contribution in [0.2, 0.25) is 0 Å². The molecule has 5 heteroatoms. The second-order valence-corrected chi connectivity index (χ2v) is 1.27. The van der Waals surface area contributed by atoms with Crippen molar-refractivity contribution < 1.29 is 0 Å². The SMILES string of the molecule is [B]=C1N=CN=C(N)N1. The van der Waals surface area contributed by atoms with Crippen LogP contribution in [-0.4, -0.2) is 25.5 Å². The molecule has 1 aliphatic rings. The minimum atomic E-state index is 0.275. The fourth-order valence-corrected chi connectivity index (χ4v) is 0.349. The number of guanidine groups is 1. The summed E-state index contributed by atoms with van der Waals surface area (Å²) in [5, 5.41) is 2.50. The summed E-state index contributed by atoms with van der Waals surface area (Å²) < 4.78 is 0. The molecule has 0 aromatic carbocycles. The van der Waals surface area contributed by atoms with Crippen LogP contribution in [-0.2, 0) is 0 Å². The molecule has 0 unspecified atom stereocenters. The Morgan fingerprint density at radius 1 is 1.75 bits per heavy atom. The van der Waals surface area contributed by atoms with Crippen molar-refractivity contribution in [3.8, 4) is 0 Å². The van der Waals surface area contributed by atoms with Gasteiger partial charge in [0, 0.05) is 0 Å². The molecule has 39 valence electrons. The molecule has 3 N–H and O–H groups in total. The van der Waals surface area contributed by atoms with Gasteiger partial charge in [-0.3, -0.25) is 0 Å². The molecular formula is C3H4BN4. The van der Waals surface area contributed by atoms with Gasteiger partial charge in [-0.2, -0.15) is 0 Å². The molecular weight excluding hydrogens is 103 g/mol. The van der Waals surface area contributed by atoms with Crippen molar-refractivity contribution in [1.29, 1.82) is 0 Å². The number of nitrogens with zero attached hydrogens (tertiary/aromatic N) is 2. The van der Waals surface area contributed by atoms with E-state index < -0.39 is 0 Å². The van der Waals surface area contributed by atoms with Gasteiger partial charge in [0.05, 0.1) is 0 Å². The zero-order valence-electron chi connectivity index (χ0n) is 4.13. The maximum absolute atomic E-state index is 5.17. The molecule has 0 atom stereocenters. The van der Waals surface area contributed by atoms with E-state index in [9.17, 15) is 0 Å². The van der Waals surface area contributed by atoms with Crippen molar-refractivity contribution in [3.05, 3.63) is 0 Å². The molecule has 4 nitrogen and oxygen atoms in total. The van der Waals surface area contributed by atoms with Crippen LogP contribution in [0.3, 0.4) is 0 Å². The molecule has 1 radical (unpaired) electrons. The van der Waals surface area contributed by atoms with E-state index in [0.29, 0.717) is 0 Å². The summed E-state index contributed by atoms with van der Waals surface area (Å²) in [5.41, 5.74) is 5.45. The number of hydrogen-bond acceptors (Lipinski definition) is 4. The fraction of sp³-hybridized carbons (Fsp3) is 0. The summed E-state index contributed by atoms with van der Waals surface area (Å²) in [6.45, 7) is 0. The molecule has 0 aliphatic carbocycles. The standard InChI is InChI=1S/C3H4BN4/c4-2-6-1-7-3(5)8-2/h1H,(H3,5,6,7,8). The van der Waals surface area contributed by atoms with Gasteiger partial charge in [0.1, 0.15) is 0 Å². The van der Waals surface area contributed by atoms with Gasteiger partial charge >= 0.3 is 46.5 Å². The van der Waals surface area contributed by atoms with Gasteiger partial charge in [0.25, 0.3) is 0 Å². The van der Waals surface area contributed by atoms with Crippen molar-refractivity contribution in [2.45, 2.75) is 0 Å². The maximum atomic E-state index is 5.17. The van der Waals surface area contributed by atoms with Gasteiger partial charge in [-0.15, -0.1) is 0 Å². The Hall–Kier alpha value is -1.13. The van der Waals surface area contributed by atoms with E-state index in [1.807, 2.05) is 0 Å². The van der Waals surface area contributed by atoms with E-state index in [2.05, 4.69) is 15.3 Å². The summed E-state index contributed by atoms with van der Waals surface area (Å²) in [4.78, 5) is 7.14. The van der Waals surface area contributed by atoms with Crippen LogP contribution < -0.4 is 11.1 Å². The Bertz CT molecular complexity index is 170. The second-order valence-electron chi connectivity index (χ2n) is 1.27. The van der Waals surface area contributed by atoms with Gasteiger partial charge in [0.15, 0.2) is 0 Å². The molecule has 1 aliphatic heterocycles. The topological polar surface area (TPSA) is 62.8 Å². The Labute approximate surface area is 47.6 Å². The Morgan fingerprint density at radius 3 is 2.88 bits per heavy atom. The van der Waals surface area contributed by atoms with Crippen LogP contribution in [0.25, 0.3) is 0 Å². The van der Waals surface area contributed by atoms with Crippen LogP contribution in [0.15, 0.2) is 9.98 Å². The van der Waals surface area contributed by atoms with Crippen LogP contribution in [0.1, 0.15) is 0 Å². The van der Waals surface area contributed by atoms with E-state index in [4.69, 9.17) is 13.2 Å². The van der Waals surface area contributed by atoms with E-state index in [1.165, 1.54) is 6.34 Å². The number of rotatable bonds is 0. The van der Waals surface area contributed by atoms with Crippen molar-refractivity contribution in [3.63, 3.8) is 0 Å². The number of nitrogens with one attached hydrogen (secondary N) is 1. The fourth-order valence-electron chi connectivity index (χ4n) is 0.349. The average molecular weight is 107 g/mol. The number of hydrogen-bond donors (Lipinski definition) is 2. The predicted molar refractivity (Wildman–Crippen MR) is 34.0 cm³/mol. The monoisotopic (exact) mass is 107 g/mol. The summed E-state index contributed by atoms with van der Waals surface area (Å²) in [6.07, 6.45) is 1.29. The molecule has 8 heavy (non-hydrogen) atoms. The van der Waals surface area contributed by atoms with Crippen molar-refractivity contribution in [2.24, 2.45) is 15.7 Å². The molecule has 1 heterocycles. The first-order chi connectivity index (χ1) is 3.79. The van der Waals surface area contributed by atoms with Gasteiger partial charge in [-0.05, 0) is 0 Å². The van der Waals surface area contributed by atoms with Crippen LogP contribution in [0, 0.1) is 0 Å². The summed E-state index contributed by atoms with van der Waals surface area (Å²) in [5.74, 6) is 0.275. The van der Waals surface area contributed by atoms with Crippen molar-refractivity contribution in [1.82, 2.24) is 5.32 Å². The first kappa shape index (κ1) is 5.02. The zero-order chi connectivity index (χ0) is 5.98. The van der Waals surface area contributed by atoms with E-state index >= 15 is 0 Å². The predicted octanol–water partition coefficient (Wildman–Crippen LogP) is -1.81. The molecule has 0 aromatic rings. The minimum absolute atomic E-state index is 0.275. The molecule has 0 amide bonds. The molecule has 0 bridgehead atoms. The number of aliphatic imine (C=N–C) groups is 2. The molecule has 1 rings (SSSR count). The first-order valence-corrected chi connectivity index (χ1v) is 2.04.